The van der Waals surface area contributed by atoms with Crippen molar-refractivity contribution in [2.45, 2.75) is 71.4 Å². The van der Waals surface area contributed by atoms with Crippen LogP contribution in [0.4, 0.5) is 0 Å². The number of methoxy groups -OCH3 is 1. The molecule has 174 valence electrons. The number of carbonyl (C=O) groups excluding carboxylic acids is 2. The third-order valence-electron chi connectivity index (χ3n) is 6.69. The van der Waals surface area contributed by atoms with Gasteiger partial charge >= 0.3 is 0 Å². The lowest BCUT2D eigenvalue weighted by molar-refractivity contribution is -0.135. The van der Waals surface area contributed by atoms with Gasteiger partial charge in [0.25, 0.3) is 5.91 Å². The zero-order valence-electron chi connectivity index (χ0n) is 19.7. The zero-order valence-corrected chi connectivity index (χ0v) is 19.7. The Morgan fingerprint density at radius 3 is 2.66 bits per heavy atom. The van der Waals surface area contributed by atoms with Gasteiger partial charge in [-0.25, -0.2) is 0 Å². The van der Waals surface area contributed by atoms with Crippen LogP contribution in [-0.2, 0) is 14.3 Å². The zero-order chi connectivity index (χ0) is 22.8. The second kappa shape index (κ2) is 9.55. The smallest absolute Gasteiger partial charge is 0.290 e. The fraction of sp³-hybridized carbons (Fsp3) is 0.615. The molecule has 0 spiro atoms. The number of fused-ring (bicyclic) bond motifs is 1. The highest BCUT2D eigenvalue weighted by molar-refractivity contribution is 6.11. The van der Waals surface area contributed by atoms with Crippen LogP contribution in [0.2, 0.25) is 0 Å². The maximum Gasteiger partial charge on any atom is 0.290 e. The number of hydrogen-bond donors (Lipinski definition) is 0. The molecule has 3 atom stereocenters. The quantitative estimate of drug-likeness (QED) is 0.578. The largest absolute Gasteiger partial charge is 0.493 e. The summed E-state index contributed by atoms with van der Waals surface area (Å²) in [5.41, 5.74) is 1.39. The molecular weight excluding hydrogens is 406 g/mol. The van der Waals surface area contributed by atoms with E-state index in [-0.39, 0.29) is 29.5 Å². The van der Waals surface area contributed by atoms with Crippen molar-refractivity contribution >= 4 is 11.7 Å². The SMILES string of the molecule is CCCCN1C(=O)C2=C(C(=O)C3CCCCC3O2)C1c1ccc(OCC(C)C)c(OC)c1. The fourth-order valence-corrected chi connectivity index (χ4v) is 5.03. The summed E-state index contributed by atoms with van der Waals surface area (Å²) < 4.78 is 17.7. The molecule has 1 aromatic rings. The average molecular weight is 442 g/mol. The second-order valence-corrected chi connectivity index (χ2v) is 9.52. The fourth-order valence-electron chi connectivity index (χ4n) is 5.03. The molecule has 0 bridgehead atoms. The molecule has 2 aliphatic heterocycles. The summed E-state index contributed by atoms with van der Waals surface area (Å²) >= 11 is 0. The van der Waals surface area contributed by atoms with E-state index in [1.807, 2.05) is 23.1 Å². The van der Waals surface area contributed by atoms with Crippen LogP contribution in [0.1, 0.15) is 70.9 Å². The number of amides is 1. The van der Waals surface area contributed by atoms with Crippen molar-refractivity contribution in [3.05, 3.63) is 35.1 Å². The molecule has 1 saturated carbocycles. The first-order valence-electron chi connectivity index (χ1n) is 12.0. The number of unbranched alkanes of at least 4 members (excludes halogenated alkanes) is 1. The van der Waals surface area contributed by atoms with Gasteiger partial charge in [0.05, 0.1) is 31.2 Å². The summed E-state index contributed by atoms with van der Waals surface area (Å²) in [5.74, 6) is 1.74. The Kier molecular flexibility index (Phi) is 6.77. The van der Waals surface area contributed by atoms with E-state index in [1.54, 1.807) is 7.11 Å². The van der Waals surface area contributed by atoms with Gasteiger partial charge in [-0.3, -0.25) is 9.59 Å². The first-order chi connectivity index (χ1) is 15.5. The van der Waals surface area contributed by atoms with Crippen LogP contribution in [0.25, 0.3) is 0 Å². The van der Waals surface area contributed by atoms with Crippen molar-refractivity contribution in [2.24, 2.45) is 11.8 Å². The molecule has 6 heteroatoms. The number of rotatable bonds is 8. The maximum absolute atomic E-state index is 13.6. The van der Waals surface area contributed by atoms with Crippen molar-refractivity contribution in [2.75, 3.05) is 20.3 Å². The molecule has 1 fully saturated rings. The molecule has 0 aromatic heterocycles. The van der Waals surface area contributed by atoms with Gasteiger partial charge < -0.3 is 19.1 Å². The van der Waals surface area contributed by atoms with Gasteiger partial charge in [-0.05, 0) is 49.3 Å². The van der Waals surface area contributed by atoms with Crippen LogP contribution >= 0.6 is 0 Å². The number of ketones is 1. The van der Waals surface area contributed by atoms with Gasteiger partial charge in [0, 0.05) is 6.54 Å². The molecule has 0 N–H and O–H groups in total. The predicted molar refractivity (Wildman–Crippen MR) is 122 cm³/mol. The van der Waals surface area contributed by atoms with Crippen molar-refractivity contribution in [3.63, 3.8) is 0 Å². The number of Topliss-reactive ketones (excluding diaryl/α,β-unsaturated/α-hetero) is 1. The third kappa shape index (κ3) is 4.12. The second-order valence-electron chi connectivity index (χ2n) is 9.52. The summed E-state index contributed by atoms with van der Waals surface area (Å²) in [6.07, 6.45) is 5.43. The molecule has 0 saturated heterocycles. The normalized spacial score (nSPS) is 25.0. The molecule has 32 heavy (non-hydrogen) atoms. The van der Waals surface area contributed by atoms with E-state index in [9.17, 15) is 9.59 Å². The molecule has 3 unspecified atom stereocenters. The van der Waals surface area contributed by atoms with Crippen molar-refractivity contribution in [1.82, 2.24) is 4.90 Å². The molecule has 6 nitrogen and oxygen atoms in total. The van der Waals surface area contributed by atoms with E-state index in [0.29, 0.717) is 36.1 Å². The van der Waals surface area contributed by atoms with Crippen molar-refractivity contribution in [3.8, 4) is 11.5 Å². The maximum atomic E-state index is 13.6. The molecular formula is C26H35NO5. The van der Waals surface area contributed by atoms with E-state index < -0.39 is 6.04 Å². The minimum Gasteiger partial charge on any atom is -0.493 e. The first kappa shape index (κ1) is 22.7. The van der Waals surface area contributed by atoms with E-state index >= 15 is 0 Å². The lowest BCUT2D eigenvalue weighted by Gasteiger charge is -2.35. The lowest BCUT2D eigenvalue weighted by Crippen LogP contribution is -2.39. The highest BCUT2D eigenvalue weighted by Crippen LogP contribution is 2.47. The number of hydrogen-bond acceptors (Lipinski definition) is 5. The Balaban J connectivity index is 1.73. The number of ether oxygens (including phenoxy) is 3. The van der Waals surface area contributed by atoms with Crippen LogP contribution in [0.5, 0.6) is 11.5 Å². The van der Waals surface area contributed by atoms with Gasteiger partial charge in [0.2, 0.25) is 0 Å². The van der Waals surface area contributed by atoms with Gasteiger partial charge in [-0.2, -0.15) is 0 Å². The standard InChI is InChI=1S/C26H35NO5/c1-5-6-13-27-23(17-11-12-20(21(14-17)30-4)31-15-16(2)3)22-24(28)18-9-7-8-10-19(18)32-25(22)26(27)29/h11-12,14,16,18-19,23H,5-10,13,15H2,1-4H3. The van der Waals surface area contributed by atoms with Gasteiger partial charge in [-0.15, -0.1) is 0 Å². The number of benzene rings is 1. The molecule has 1 aromatic carbocycles. The van der Waals surface area contributed by atoms with Crippen LogP contribution < -0.4 is 9.47 Å². The van der Waals surface area contributed by atoms with Gasteiger partial charge in [0.1, 0.15) is 6.10 Å². The minimum atomic E-state index is -0.438. The van der Waals surface area contributed by atoms with E-state index in [1.165, 1.54) is 0 Å². The number of nitrogens with zero attached hydrogens (tertiary/aromatic N) is 1. The predicted octanol–water partition coefficient (Wildman–Crippen LogP) is 4.83. The van der Waals surface area contributed by atoms with Crippen LogP contribution in [0, 0.1) is 11.8 Å². The van der Waals surface area contributed by atoms with Gasteiger partial charge in [-0.1, -0.05) is 39.7 Å². The Morgan fingerprint density at radius 2 is 1.94 bits per heavy atom. The minimum absolute atomic E-state index is 0.0902. The molecule has 2 heterocycles. The summed E-state index contributed by atoms with van der Waals surface area (Å²) in [6, 6.07) is 5.30. The van der Waals surface area contributed by atoms with E-state index in [2.05, 4.69) is 20.8 Å². The van der Waals surface area contributed by atoms with Crippen LogP contribution in [0.3, 0.4) is 0 Å². The molecule has 0 radical (unpaired) electrons. The average Bonchev–Trinajstić information content (AvgIpc) is 3.08. The molecule has 4 rings (SSSR count). The van der Waals surface area contributed by atoms with Crippen molar-refractivity contribution < 1.29 is 23.8 Å². The Labute approximate surface area is 190 Å². The van der Waals surface area contributed by atoms with Crippen LogP contribution in [-0.4, -0.2) is 43.0 Å². The molecule has 1 amide bonds. The third-order valence-corrected chi connectivity index (χ3v) is 6.69. The molecule has 1 aliphatic carbocycles. The molecule has 3 aliphatic rings. The summed E-state index contributed by atoms with van der Waals surface area (Å²) in [6.45, 7) is 7.47. The Bertz CT molecular complexity index is 905. The van der Waals surface area contributed by atoms with Crippen molar-refractivity contribution in [1.29, 1.82) is 0 Å². The summed E-state index contributed by atoms with van der Waals surface area (Å²) in [4.78, 5) is 28.8. The monoisotopic (exact) mass is 441 g/mol. The highest BCUT2D eigenvalue weighted by atomic mass is 16.5. The van der Waals surface area contributed by atoms with E-state index in [4.69, 9.17) is 14.2 Å². The van der Waals surface area contributed by atoms with Crippen LogP contribution in [0.15, 0.2) is 29.5 Å². The number of carbonyl (C=O) groups is 2. The lowest BCUT2D eigenvalue weighted by atomic mass is 9.77. The highest BCUT2D eigenvalue weighted by Gasteiger charge is 2.51. The topological polar surface area (TPSA) is 65.1 Å². The van der Waals surface area contributed by atoms with Gasteiger partial charge in [0.15, 0.2) is 23.0 Å². The first-order valence-corrected chi connectivity index (χ1v) is 12.0. The Hall–Kier alpha value is -2.50. The summed E-state index contributed by atoms with van der Waals surface area (Å²) in [7, 11) is 1.61. The summed E-state index contributed by atoms with van der Waals surface area (Å²) in [5, 5.41) is 0. The van der Waals surface area contributed by atoms with E-state index in [0.717, 1.165) is 44.1 Å². The Morgan fingerprint density at radius 1 is 1.16 bits per heavy atom.